The fraction of sp³-hybridized carbons (Fsp3) is 0.200. The molecule has 42 heavy (non-hydrogen) atoms. The third-order valence-electron chi connectivity index (χ3n) is 7.50. The number of fused-ring (bicyclic) bond motifs is 9. The molecule has 12 heteroatoms. The van der Waals surface area contributed by atoms with Crippen molar-refractivity contribution in [1.29, 1.82) is 0 Å². The molecule has 10 rings (SSSR count). The second-order valence-electron chi connectivity index (χ2n) is 9.93. The van der Waals surface area contributed by atoms with Gasteiger partial charge in [-0.05, 0) is 18.2 Å². The Labute approximate surface area is 262 Å². The summed E-state index contributed by atoms with van der Waals surface area (Å²) in [6, 6.07) is 7.03. The summed E-state index contributed by atoms with van der Waals surface area (Å²) < 4.78 is 39.7. The van der Waals surface area contributed by atoms with Crippen molar-refractivity contribution in [3.8, 4) is 63.8 Å². The SMILES string of the molecule is c1sc(-c2cc3c(s2)c2cc(-c4scc5c4OCCO5)sc2c2cc(-c4scc5c4OCCO5)sc32)c2c1OCCO2. The van der Waals surface area contributed by atoms with Crippen molar-refractivity contribution in [3.05, 3.63) is 34.3 Å². The van der Waals surface area contributed by atoms with Crippen molar-refractivity contribution < 1.29 is 28.4 Å². The van der Waals surface area contributed by atoms with Gasteiger partial charge < -0.3 is 28.4 Å². The number of benzene rings is 1. The molecule has 9 heterocycles. The van der Waals surface area contributed by atoms with Crippen molar-refractivity contribution in [2.45, 2.75) is 0 Å². The first-order valence-corrected chi connectivity index (χ1v) is 18.4. The Morgan fingerprint density at radius 1 is 0.405 bits per heavy atom. The zero-order valence-corrected chi connectivity index (χ0v) is 26.5. The van der Waals surface area contributed by atoms with Crippen LogP contribution in [0.5, 0.6) is 34.5 Å². The zero-order chi connectivity index (χ0) is 27.4. The Kier molecular flexibility index (Phi) is 5.38. The molecule has 0 unspecified atom stereocenters. The van der Waals surface area contributed by atoms with Gasteiger partial charge in [-0.25, -0.2) is 0 Å². The quantitative estimate of drug-likeness (QED) is 0.187. The van der Waals surface area contributed by atoms with E-state index in [4.69, 9.17) is 28.4 Å². The minimum atomic E-state index is 0.576. The average Bonchev–Trinajstić information content (AvgIpc) is 3.85. The molecule has 0 bridgehead atoms. The molecule has 0 N–H and O–H groups in total. The van der Waals surface area contributed by atoms with Gasteiger partial charge in [0.1, 0.15) is 39.6 Å². The molecule has 6 nitrogen and oxygen atoms in total. The number of thiophene rings is 6. The molecule has 210 valence electrons. The third-order valence-corrected chi connectivity index (χ3v) is 14.4. The summed E-state index contributed by atoms with van der Waals surface area (Å²) in [6.45, 7) is 3.50. The molecular weight excluding hydrogens is 649 g/mol. The average molecular weight is 667 g/mol. The van der Waals surface area contributed by atoms with Crippen LogP contribution in [0.25, 0.3) is 59.5 Å². The Bertz CT molecular complexity index is 1850. The van der Waals surface area contributed by atoms with Crippen molar-refractivity contribution >= 4 is 98.3 Å². The van der Waals surface area contributed by atoms with E-state index in [-0.39, 0.29) is 0 Å². The standard InChI is InChI=1S/C30H18O6S6/c1-4-34-22-16(31-1)10-37-28(22)19-7-13-25(40-19)14-8-20(29-23-17(11-38-29)32-2-5-35-23)42-27(14)15-9-21(41-26(13)15)30-24-18(12-39-30)33-3-6-36-24/h7-12H,1-6H2. The normalized spacial score (nSPS) is 15.7. The van der Waals surface area contributed by atoms with Crippen LogP contribution in [-0.2, 0) is 0 Å². The van der Waals surface area contributed by atoms with E-state index < -0.39 is 0 Å². The summed E-state index contributed by atoms with van der Waals surface area (Å²) in [5.74, 6) is 5.15. The van der Waals surface area contributed by atoms with E-state index in [2.05, 4.69) is 34.3 Å². The summed E-state index contributed by atoms with van der Waals surface area (Å²) >= 11 is 10.6. The second-order valence-corrected chi connectivity index (χ2v) is 15.7. The van der Waals surface area contributed by atoms with Gasteiger partial charge in [-0.1, -0.05) is 0 Å². The van der Waals surface area contributed by atoms with E-state index in [1.165, 1.54) is 44.9 Å². The Balaban J connectivity index is 1.23. The highest BCUT2D eigenvalue weighted by Crippen LogP contribution is 2.57. The summed E-state index contributed by atoms with van der Waals surface area (Å²) in [6.07, 6.45) is 0. The van der Waals surface area contributed by atoms with Gasteiger partial charge in [-0.2, -0.15) is 0 Å². The van der Waals surface area contributed by atoms with Gasteiger partial charge in [0.2, 0.25) is 0 Å². The van der Waals surface area contributed by atoms with Crippen LogP contribution in [-0.4, -0.2) is 39.6 Å². The molecule has 0 radical (unpaired) electrons. The van der Waals surface area contributed by atoms with Gasteiger partial charge >= 0.3 is 0 Å². The maximum atomic E-state index is 6.08. The minimum absolute atomic E-state index is 0.576. The second kappa shape index (κ2) is 9.25. The van der Waals surface area contributed by atoms with Crippen molar-refractivity contribution in [2.75, 3.05) is 39.6 Å². The monoisotopic (exact) mass is 666 g/mol. The largest absolute Gasteiger partial charge is 0.485 e. The lowest BCUT2D eigenvalue weighted by molar-refractivity contribution is 0.174. The van der Waals surface area contributed by atoms with E-state index in [9.17, 15) is 0 Å². The molecule has 0 fully saturated rings. The van der Waals surface area contributed by atoms with E-state index in [1.807, 2.05) is 34.0 Å². The van der Waals surface area contributed by atoms with Crippen LogP contribution in [0.4, 0.5) is 0 Å². The first-order chi connectivity index (χ1) is 20.8. The smallest absolute Gasteiger partial charge is 0.180 e. The van der Waals surface area contributed by atoms with E-state index in [0.717, 1.165) is 49.1 Å². The fourth-order valence-electron chi connectivity index (χ4n) is 5.71. The Morgan fingerprint density at radius 3 is 1.05 bits per heavy atom. The van der Waals surface area contributed by atoms with E-state index in [1.54, 1.807) is 34.0 Å². The van der Waals surface area contributed by atoms with Gasteiger partial charge in [-0.15, -0.1) is 68.0 Å². The van der Waals surface area contributed by atoms with Crippen LogP contribution in [0.3, 0.4) is 0 Å². The highest BCUT2D eigenvalue weighted by molar-refractivity contribution is 7.32. The molecule has 0 atom stereocenters. The molecule has 6 aromatic heterocycles. The summed E-state index contributed by atoms with van der Waals surface area (Å²) in [5.41, 5.74) is 0. The lowest BCUT2D eigenvalue weighted by atomic mass is 10.1. The molecule has 0 saturated carbocycles. The van der Waals surface area contributed by atoms with Crippen LogP contribution in [0.2, 0.25) is 0 Å². The van der Waals surface area contributed by atoms with Gasteiger partial charge in [-0.3, -0.25) is 0 Å². The molecule has 7 aromatic rings. The maximum Gasteiger partial charge on any atom is 0.180 e. The molecule has 1 aromatic carbocycles. The molecule has 0 spiro atoms. The highest BCUT2D eigenvalue weighted by Gasteiger charge is 2.27. The third kappa shape index (κ3) is 3.50. The molecule has 3 aliphatic rings. The van der Waals surface area contributed by atoms with Crippen molar-refractivity contribution in [3.63, 3.8) is 0 Å². The summed E-state index contributed by atoms with van der Waals surface area (Å²) in [7, 11) is 0. The van der Waals surface area contributed by atoms with E-state index in [0.29, 0.717) is 39.6 Å². The van der Waals surface area contributed by atoms with E-state index >= 15 is 0 Å². The summed E-state index contributed by atoms with van der Waals surface area (Å²) in [4.78, 5) is 7.01. The first-order valence-electron chi connectivity index (χ1n) is 13.3. The number of hydrogen-bond donors (Lipinski definition) is 0. The van der Waals surface area contributed by atoms with Crippen LogP contribution >= 0.6 is 68.0 Å². The topological polar surface area (TPSA) is 55.4 Å². The fourth-order valence-corrected chi connectivity index (χ4v) is 12.6. The van der Waals surface area contributed by atoms with Crippen LogP contribution < -0.4 is 28.4 Å². The van der Waals surface area contributed by atoms with Crippen LogP contribution in [0.15, 0.2) is 34.3 Å². The predicted molar refractivity (Wildman–Crippen MR) is 175 cm³/mol. The number of ether oxygens (including phenoxy) is 6. The van der Waals surface area contributed by atoms with Gasteiger partial charge in [0.15, 0.2) is 34.5 Å². The lowest BCUT2D eigenvalue weighted by Crippen LogP contribution is -2.14. The van der Waals surface area contributed by atoms with Gasteiger partial charge in [0.05, 0.1) is 14.6 Å². The van der Waals surface area contributed by atoms with Crippen LogP contribution in [0, 0.1) is 0 Å². The van der Waals surface area contributed by atoms with Crippen molar-refractivity contribution in [1.82, 2.24) is 0 Å². The number of hydrogen-bond acceptors (Lipinski definition) is 12. The zero-order valence-electron chi connectivity index (χ0n) is 21.6. The van der Waals surface area contributed by atoms with Gasteiger partial charge in [0.25, 0.3) is 0 Å². The molecule has 0 saturated heterocycles. The predicted octanol–water partition coefficient (Wildman–Crippen LogP) is 9.83. The molecular formula is C30H18O6S6. The maximum absolute atomic E-state index is 6.08. The summed E-state index contributed by atoms with van der Waals surface area (Å²) in [5, 5.41) is 10.0. The minimum Gasteiger partial charge on any atom is -0.485 e. The Morgan fingerprint density at radius 2 is 0.714 bits per heavy atom. The van der Waals surface area contributed by atoms with Crippen LogP contribution in [0.1, 0.15) is 0 Å². The lowest BCUT2D eigenvalue weighted by Gasteiger charge is -2.15. The molecule has 0 aliphatic carbocycles. The highest BCUT2D eigenvalue weighted by atomic mass is 32.1. The molecule has 3 aliphatic heterocycles. The first kappa shape index (κ1) is 24.4. The van der Waals surface area contributed by atoms with Crippen molar-refractivity contribution in [2.24, 2.45) is 0 Å². The molecule has 0 amide bonds. The Hall–Kier alpha value is -3.00. The van der Waals surface area contributed by atoms with Gasteiger partial charge in [0, 0.05) is 61.0 Å². The number of rotatable bonds is 3.